The van der Waals surface area contributed by atoms with E-state index in [1.54, 1.807) is 47.5 Å². The third-order valence-electron chi connectivity index (χ3n) is 12.8. The zero-order chi connectivity index (χ0) is 46.5. The Kier molecular flexibility index (Phi) is 12.4. The third-order valence-corrected chi connectivity index (χ3v) is 13.1. The summed E-state index contributed by atoms with van der Waals surface area (Å²) in [5.74, 6) is 0.0912. The number of amides is 4. The van der Waals surface area contributed by atoms with Gasteiger partial charge >= 0.3 is 12.5 Å². The van der Waals surface area contributed by atoms with Gasteiger partial charge in [-0.25, -0.2) is 14.8 Å². The summed E-state index contributed by atoms with van der Waals surface area (Å²) in [6.45, 7) is 12.0. The highest BCUT2D eigenvalue weighted by Crippen LogP contribution is 2.52. The van der Waals surface area contributed by atoms with Crippen molar-refractivity contribution < 1.29 is 41.8 Å². The first-order valence-electron chi connectivity index (χ1n) is 21.7. The number of anilines is 2. The van der Waals surface area contributed by atoms with Crippen LogP contribution in [-0.4, -0.2) is 100 Å². The number of methoxy groups -OCH3 is 1. The second-order valence-corrected chi connectivity index (χ2v) is 18.8. The minimum Gasteiger partial charge on any atom is -0.453 e. The molecule has 2 saturated carbocycles. The standard InChI is InChI=1S/C47H52ClF3N8O6/c1-25(2)40(56-45(63)64-6)44(62)59-24-31(27-7-8-27)17-37(59)41-53-22-36(54-41)29-11-9-28(10-12-29)32-18-34(48)35(19-38(32)65-47(49,50)51)55-42(60)30-13-14-39(52-21-30)58-16-15-57(23-26(58)3)43(61)33-20-46(33,4)5/h9-14,17-19,21-22,25-27,33,37,40H,7-8,15-16,20,23-24H2,1-6H3,(H,53,54)(H,55,60)(H,56,63)/t26-,33?,37+,40+/m1/s1. The number of ether oxygens (including phenoxy) is 2. The Labute approximate surface area is 379 Å². The van der Waals surface area contributed by atoms with Gasteiger partial charge in [-0.15, -0.1) is 13.2 Å². The number of pyridine rings is 1. The molecule has 2 aromatic carbocycles. The molecule has 14 nitrogen and oxygen atoms in total. The molecule has 2 aromatic heterocycles. The van der Waals surface area contributed by atoms with Crippen molar-refractivity contribution >= 4 is 46.9 Å². The number of halogens is 4. The molecule has 4 aromatic rings. The number of piperazine rings is 1. The van der Waals surface area contributed by atoms with Crippen LogP contribution in [0, 0.1) is 23.2 Å². The van der Waals surface area contributed by atoms with Crippen LogP contribution in [-0.2, 0) is 14.3 Å². The molecule has 4 aliphatic rings. The van der Waals surface area contributed by atoms with Crippen molar-refractivity contribution in [1.29, 1.82) is 0 Å². The average Bonchev–Trinajstić information content (AvgIpc) is 4.10. The van der Waals surface area contributed by atoms with Crippen molar-refractivity contribution in [2.45, 2.75) is 78.4 Å². The van der Waals surface area contributed by atoms with Crippen LogP contribution in [0.4, 0.5) is 29.5 Å². The second-order valence-electron chi connectivity index (χ2n) is 18.4. The van der Waals surface area contributed by atoms with Crippen molar-refractivity contribution in [2.75, 3.05) is 43.5 Å². The van der Waals surface area contributed by atoms with Crippen LogP contribution in [0.5, 0.6) is 5.75 Å². The Balaban J connectivity index is 0.963. The number of carbonyl (C=O) groups excluding carboxylic acids is 4. The van der Waals surface area contributed by atoms with Gasteiger partial charge in [0.05, 0.1) is 35.3 Å². The van der Waals surface area contributed by atoms with Gasteiger partial charge in [-0.3, -0.25) is 14.4 Å². The Bertz CT molecular complexity index is 2510. The van der Waals surface area contributed by atoms with Gasteiger partial charge in [-0.1, -0.05) is 69.6 Å². The number of rotatable bonds is 12. The Morgan fingerprint density at radius 1 is 0.985 bits per heavy atom. The molecule has 0 radical (unpaired) electrons. The topological polar surface area (TPSA) is 162 Å². The summed E-state index contributed by atoms with van der Waals surface area (Å²) >= 11 is 6.62. The zero-order valence-corrected chi connectivity index (χ0v) is 37.7. The Morgan fingerprint density at radius 3 is 2.29 bits per heavy atom. The van der Waals surface area contributed by atoms with E-state index in [1.165, 1.54) is 19.4 Å². The molecule has 8 rings (SSSR count). The molecule has 0 bridgehead atoms. The first-order chi connectivity index (χ1) is 30.8. The summed E-state index contributed by atoms with van der Waals surface area (Å²) in [5.41, 5.74) is 2.90. The maximum absolute atomic E-state index is 13.9. The van der Waals surface area contributed by atoms with Crippen LogP contribution in [0.3, 0.4) is 0 Å². The fourth-order valence-electron chi connectivity index (χ4n) is 8.72. The van der Waals surface area contributed by atoms with Gasteiger partial charge < -0.3 is 39.8 Å². The van der Waals surface area contributed by atoms with Crippen LogP contribution >= 0.6 is 11.6 Å². The normalized spacial score (nSPS) is 20.9. The van der Waals surface area contributed by atoms with E-state index in [0.29, 0.717) is 60.6 Å². The van der Waals surface area contributed by atoms with Crippen LogP contribution in [0.1, 0.15) is 76.1 Å². The molecule has 1 saturated heterocycles. The van der Waals surface area contributed by atoms with Gasteiger partial charge in [0, 0.05) is 56.0 Å². The molecule has 2 aliphatic carbocycles. The number of alkyl carbamates (subject to hydrolysis) is 1. The number of benzene rings is 2. The van der Waals surface area contributed by atoms with Crippen LogP contribution in [0.25, 0.3) is 22.4 Å². The molecule has 344 valence electrons. The molecule has 0 spiro atoms. The number of aromatic nitrogens is 3. The molecule has 3 fully saturated rings. The molecule has 2 aliphatic heterocycles. The predicted molar refractivity (Wildman–Crippen MR) is 238 cm³/mol. The number of alkyl halides is 3. The van der Waals surface area contributed by atoms with E-state index in [9.17, 15) is 32.3 Å². The van der Waals surface area contributed by atoms with Crippen molar-refractivity contribution in [3.8, 4) is 28.1 Å². The number of hydrogen-bond acceptors (Lipinski definition) is 9. The number of carbonyl (C=O) groups is 4. The minimum absolute atomic E-state index is 0.00657. The summed E-state index contributed by atoms with van der Waals surface area (Å²) in [6, 6.07) is 10.9. The van der Waals surface area contributed by atoms with Crippen LogP contribution in [0.15, 0.2) is 72.6 Å². The highest BCUT2D eigenvalue weighted by atomic mass is 35.5. The molecule has 3 N–H and O–H groups in total. The SMILES string of the molecule is COC(=O)N[C@H](C(=O)N1CC(C2CC2)=C[C@H]1c1ncc(-c2ccc(-c3cc(Cl)c(NC(=O)c4ccc(N5CCN(C(=O)C6CC6(C)C)C[C@H]5C)nc4)cc3OC(F)(F)F)cc2)[nH]1)C(C)C. The van der Waals surface area contributed by atoms with Gasteiger partial charge in [0.15, 0.2) is 0 Å². The fourth-order valence-corrected chi connectivity index (χ4v) is 8.93. The molecule has 4 atom stereocenters. The van der Waals surface area contributed by atoms with Crippen molar-refractivity contribution in [1.82, 2.24) is 30.1 Å². The van der Waals surface area contributed by atoms with Crippen molar-refractivity contribution in [3.63, 3.8) is 0 Å². The Hall–Kier alpha value is -6.10. The molecular weight excluding hydrogens is 865 g/mol. The lowest BCUT2D eigenvalue weighted by molar-refractivity contribution is -0.274. The summed E-state index contributed by atoms with van der Waals surface area (Å²) < 4.78 is 50.7. The number of aromatic amines is 1. The van der Waals surface area contributed by atoms with Crippen molar-refractivity contribution in [2.24, 2.45) is 23.2 Å². The Morgan fingerprint density at radius 2 is 1.69 bits per heavy atom. The molecule has 65 heavy (non-hydrogen) atoms. The second kappa shape index (κ2) is 17.7. The minimum atomic E-state index is -5.06. The highest BCUT2D eigenvalue weighted by Gasteiger charge is 2.52. The molecular formula is C47H52ClF3N8O6. The van der Waals surface area contributed by atoms with E-state index in [-0.39, 0.29) is 56.9 Å². The molecule has 1 unspecified atom stereocenters. The number of nitrogens with one attached hydrogen (secondary N) is 3. The smallest absolute Gasteiger partial charge is 0.453 e. The van der Waals surface area contributed by atoms with Crippen LogP contribution in [0.2, 0.25) is 5.02 Å². The number of hydrogen-bond donors (Lipinski definition) is 3. The molecule has 4 heterocycles. The number of imidazole rings is 1. The largest absolute Gasteiger partial charge is 0.573 e. The maximum atomic E-state index is 13.9. The quantitative estimate of drug-likeness (QED) is 0.118. The maximum Gasteiger partial charge on any atom is 0.573 e. The van der Waals surface area contributed by atoms with Gasteiger partial charge in [-0.05, 0) is 78.3 Å². The van der Waals surface area contributed by atoms with E-state index < -0.39 is 36.2 Å². The van der Waals surface area contributed by atoms with Gasteiger partial charge in [0.1, 0.15) is 29.5 Å². The van der Waals surface area contributed by atoms with Crippen molar-refractivity contribution in [3.05, 3.63) is 89.0 Å². The molecule has 18 heteroatoms. The number of H-pyrrole nitrogens is 1. The number of nitrogens with zero attached hydrogens (tertiary/aromatic N) is 5. The van der Waals surface area contributed by atoms with Crippen LogP contribution < -0.4 is 20.3 Å². The van der Waals surface area contributed by atoms with Gasteiger partial charge in [0.25, 0.3) is 5.91 Å². The lowest BCUT2D eigenvalue weighted by Crippen LogP contribution is -2.54. The molecule has 4 amide bonds. The third kappa shape index (κ3) is 9.94. The van der Waals surface area contributed by atoms with E-state index >= 15 is 0 Å². The average molecular weight is 917 g/mol. The van der Waals surface area contributed by atoms with Gasteiger partial charge in [0.2, 0.25) is 11.8 Å². The lowest BCUT2D eigenvalue weighted by Gasteiger charge is -2.40. The highest BCUT2D eigenvalue weighted by molar-refractivity contribution is 6.34. The summed E-state index contributed by atoms with van der Waals surface area (Å²) in [5, 5.41) is 5.24. The first kappa shape index (κ1) is 45.5. The zero-order valence-electron chi connectivity index (χ0n) is 37.0. The van der Waals surface area contributed by atoms with E-state index in [4.69, 9.17) is 16.3 Å². The summed E-state index contributed by atoms with van der Waals surface area (Å²) in [7, 11) is 1.24. The predicted octanol–water partition coefficient (Wildman–Crippen LogP) is 8.63. The monoisotopic (exact) mass is 916 g/mol. The summed E-state index contributed by atoms with van der Waals surface area (Å²) in [6.07, 6.45) is 2.28. The summed E-state index contributed by atoms with van der Waals surface area (Å²) in [4.78, 5) is 70.6. The van der Waals surface area contributed by atoms with E-state index in [0.717, 1.165) is 30.9 Å². The van der Waals surface area contributed by atoms with E-state index in [2.05, 4.69) is 49.1 Å². The van der Waals surface area contributed by atoms with E-state index in [1.807, 2.05) is 31.7 Å². The lowest BCUT2D eigenvalue weighted by atomic mass is 10.0. The van der Waals surface area contributed by atoms with Gasteiger partial charge in [-0.2, -0.15) is 0 Å². The first-order valence-corrected chi connectivity index (χ1v) is 22.1. The fraction of sp³-hybridized carbons (Fsp3) is 0.447.